The zero-order chi connectivity index (χ0) is 25.8. The molecule has 5 aromatic rings. The van der Waals surface area contributed by atoms with E-state index in [1.54, 1.807) is 41.9 Å². The van der Waals surface area contributed by atoms with E-state index in [1.807, 2.05) is 53.2 Å². The van der Waals surface area contributed by atoms with Crippen molar-refractivity contribution in [3.05, 3.63) is 93.6 Å². The van der Waals surface area contributed by atoms with Crippen LogP contribution < -0.4 is 10.1 Å². The third kappa shape index (κ3) is 6.62. The number of hydrogen-bond donors (Lipinski definition) is 2. The predicted molar refractivity (Wildman–Crippen MR) is 151 cm³/mol. The normalized spacial score (nSPS) is 12.4. The molecule has 0 radical (unpaired) electrons. The maximum atomic E-state index is 11.2. The molecule has 0 fully saturated rings. The van der Waals surface area contributed by atoms with Crippen LogP contribution >= 0.6 is 34.0 Å². The van der Waals surface area contributed by atoms with E-state index in [0.29, 0.717) is 12.0 Å². The molecule has 0 amide bonds. The summed E-state index contributed by atoms with van der Waals surface area (Å²) in [5.41, 5.74) is 4.29. The fraction of sp³-hybridized carbons (Fsp3) is 0.154. The van der Waals surface area contributed by atoms with Crippen LogP contribution in [0.5, 0.6) is 5.75 Å². The second-order valence-electron chi connectivity index (χ2n) is 8.27. The lowest BCUT2D eigenvalue weighted by atomic mass is 10.0. The van der Waals surface area contributed by atoms with Gasteiger partial charge in [-0.25, -0.2) is 9.97 Å². The molecule has 0 aliphatic carbocycles. The number of thiazole rings is 2. The van der Waals surface area contributed by atoms with Crippen LogP contribution in [0, 0.1) is 0 Å². The van der Waals surface area contributed by atoms with Crippen molar-refractivity contribution < 1.29 is 17.7 Å². The molecule has 0 spiro atoms. The summed E-state index contributed by atoms with van der Waals surface area (Å²) in [6, 6.07) is 18.9. The van der Waals surface area contributed by atoms with Gasteiger partial charge >= 0.3 is 0 Å². The Balaban J connectivity index is 1.40. The van der Waals surface area contributed by atoms with E-state index in [1.165, 1.54) is 11.3 Å². The summed E-state index contributed by atoms with van der Waals surface area (Å²) >= 11 is 4.79. The van der Waals surface area contributed by atoms with Crippen LogP contribution in [0.25, 0.3) is 21.1 Å². The van der Waals surface area contributed by atoms with Gasteiger partial charge in [-0.2, -0.15) is 8.42 Å². The van der Waals surface area contributed by atoms with Gasteiger partial charge in [0.1, 0.15) is 16.5 Å². The van der Waals surface area contributed by atoms with Crippen molar-refractivity contribution in [2.75, 3.05) is 12.4 Å². The van der Waals surface area contributed by atoms with Gasteiger partial charge in [-0.15, -0.1) is 34.0 Å². The Hall–Kier alpha value is -3.09. The van der Waals surface area contributed by atoms with Crippen molar-refractivity contribution in [2.24, 2.45) is 0 Å². The van der Waals surface area contributed by atoms with Crippen LogP contribution in [0.15, 0.2) is 76.8 Å². The smallest absolute Gasteiger partial charge is 0.269 e. The van der Waals surface area contributed by atoms with Crippen LogP contribution in [0.4, 0.5) is 5.13 Å². The number of nitrogens with zero attached hydrogens (tertiary/aromatic N) is 2. The number of nitrogens with one attached hydrogen (secondary N) is 1. The second kappa shape index (κ2) is 11.1. The molecule has 0 aliphatic heterocycles. The molecule has 0 aliphatic rings. The quantitative estimate of drug-likeness (QED) is 0.179. The minimum absolute atomic E-state index is 0.151. The minimum Gasteiger partial charge on any atom is -0.497 e. The van der Waals surface area contributed by atoms with E-state index in [0.717, 1.165) is 43.3 Å². The monoisotopic (exact) mass is 569 g/mol. The van der Waals surface area contributed by atoms with E-state index < -0.39 is 15.9 Å². The summed E-state index contributed by atoms with van der Waals surface area (Å²) in [4.78, 5) is 10.8. The Morgan fingerprint density at radius 3 is 2.51 bits per heavy atom. The highest BCUT2D eigenvalue weighted by molar-refractivity contribution is 7.85. The van der Waals surface area contributed by atoms with E-state index >= 15 is 0 Å². The van der Waals surface area contributed by atoms with Gasteiger partial charge in [-0.3, -0.25) is 4.55 Å². The lowest BCUT2D eigenvalue weighted by Crippen LogP contribution is -2.14. The highest BCUT2D eigenvalue weighted by Gasteiger charge is 2.19. The first-order valence-electron chi connectivity index (χ1n) is 11.2. The first-order chi connectivity index (χ1) is 17.9. The van der Waals surface area contributed by atoms with Gasteiger partial charge in [0.05, 0.1) is 29.4 Å². The second-order valence-corrected chi connectivity index (χ2v) is 12.4. The predicted octanol–water partition coefficient (Wildman–Crippen LogP) is 6.79. The van der Waals surface area contributed by atoms with Gasteiger partial charge in [0.25, 0.3) is 10.1 Å². The molecule has 0 saturated carbocycles. The van der Waals surface area contributed by atoms with Gasteiger partial charge in [-0.1, -0.05) is 42.5 Å². The molecule has 3 heterocycles. The minimum atomic E-state index is -4.08. The molecular weight excluding hydrogens is 547 g/mol. The van der Waals surface area contributed by atoms with Crippen molar-refractivity contribution in [1.82, 2.24) is 9.97 Å². The summed E-state index contributed by atoms with van der Waals surface area (Å²) in [6.07, 6.45) is 0.619. The Bertz CT molecular complexity index is 1580. The number of anilines is 1. The number of thiophene rings is 1. The maximum Gasteiger partial charge on any atom is 0.269 e. The van der Waals surface area contributed by atoms with Crippen molar-refractivity contribution in [3.8, 4) is 26.9 Å². The highest BCUT2D eigenvalue weighted by atomic mass is 32.2. The first kappa shape index (κ1) is 25.6. The van der Waals surface area contributed by atoms with Crippen LogP contribution in [0.3, 0.4) is 0 Å². The van der Waals surface area contributed by atoms with Crippen molar-refractivity contribution in [2.45, 2.75) is 18.2 Å². The molecule has 5 rings (SSSR count). The molecule has 11 heteroatoms. The Morgan fingerprint density at radius 2 is 1.78 bits per heavy atom. The first-order valence-corrected chi connectivity index (χ1v) is 15.5. The molecule has 1 atom stereocenters. The standard InChI is InChI=1S/C26H23N3O4S4/c1-33-20-5-2-4-19(13-20)22-14-36-26(29-22)28-21(23-15-35-25(27-23)24-6-3-11-34-24)12-17-7-9-18(10-8-17)16-37(30,31)32/h2-11,13-15,21H,12,16H2,1H3,(H,28,29)(H,30,31,32)/t21-/m0/s1. The average molecular weight is 570 g/mol. The van der Waals surface area contributed by atoms with Crippen molar-refractivity contribution in [3.63, 3.8) is 0 Å². The number of ether oxygens (including phenoxy) is 1. The summed E-state index contributed by atoms with van der Waals surface area (Å²) in [5, 5.41) is 11.4. The highest BCUT2D eigenvalue weighted by Crippen LogP contribution is 2.34. The topological polar surface area (TPSA) is 101 Å². The molecule has 2 aromatic carbocycles. The van der Waals surface area contributed by atoms with Crippen LogP contribution in [-0.2, 0) is 22.3 Å². The maximum absolute atomic E-state index is 11.2. The molecule has 0 saturated heterocycles. The molecule has 0 bridgehead atoms. The van der Waals surface area contributed by atoms with Crippen molar-refractivity contribution >= 4 is 49.3 Å². The number of aromatic nitrogens is 2. The van der Waals surface area contributed by atoms with Crippen molar-refractivity contribution in [1.29, 1.82) is 0 Å². The average Bonchev–Trinajstić information content (AvgIpc) is 3.65. The van der Waals surface area contributed by atoms with Crippen LogP contribution in [0.1, 0.15) is 22.9 Å². The fourth-order valence-corrected chi connectivity index (χ4v) is 6.89. The van der Waals surface area contributed by atoms with Gasteiger partial charge in [0.15, 0.2) is 5.13 Å². The Kier molecular flexibility index (Phi) is 7.68. The third-order valence-corrected chi connectivity index (χ3v) is 8.96. The van der Waals surface area contributed by atoms with E-state index in [9.17, 15) is 8.42 Å². The zero-order valence-corrected chi connectivity index (χ0v) is 23.0. The van der Waals surface area contributed by atoms with Gasteiger partial charge in [-0.05, 0) is 41.1 Å². The summed E-state index contributed by atoms with van der Waals surface area (Å²) < 4.78 is 36.9. The lowest BCUT2D eigenvalue weighted by molar-refractivity contribution is 0.415. The van der Waals surface area contributed by atoms with Gasteiger partial charge in [0.2, 0.25) is 0 Å². The molecular formula is C26H23N3O4S4. The largest absolute Gasteiger partial charge is 0.497 e. The number of methoxy groups -OCH3 is 1. The van der Waals surface area contributed by atoms with E-state index in [2.05, 4.69) is 16.8 Å². The SMILES string of the molecule is COc1cccc(-c2csc(N[C@@H](Cc3ccc(CS(=O)(=O)O)cc3)c3csc(-c4cccs4)n3)n2)c1. The van der Waals surface area contributed by atoms with E-state index in [4.69, 9.17) is 19.3 Å². The molecule has 37 heavy (non-hydrogen) atoms. The van der Waals surface area contributed by atoms with Gasteiger partial charge < -0.3 is 10.1 Å². The fourth-order valence-electron chi connectivity index (χ4n) is 3.81. The third-order valence-electron chi connectivity index (χ3n) is 5.59. The number of benzene rings is 2. The summed E-state index contributed by atoms with van der Waals surface area (Å²) in [6.45, 7) is 0. The molecule has 190 valence electrons. The zero-order valence-electron chi connectivity index (χ0n) is 19.7. The molecule has 7 nitrogen and oxygen atoms in total. The van der Waals surface area contributed by atoms with Gasteiger partial charge in [0, 0.05) is 16.3 Å². The summed E-state index contributed by atoms with van der Waals surface area (Å²) in [7, 11) is -2.43. The van der Waals surface area contributed by atoms with Crippen LogP contribution in [-0.4, -0.2) is 30.0 Å². The Labute approximate surface area is 227 Å². The lowest BCUT2D eigenvalue weighted by Gasteiger charge is -2.17. The molecule has 2 N–H and O–H groups in total. The number of hydrogen-bond acceptors (Lipinski definition) is 9. The molecule has 0 unspecified atom stereocenters. The Morgan fingerprint density at radius 1 is 0.973 bits per heavy atom. The summed E-state index contributed by atoms with van der Waals surface area (Å²) in [5.74, 6) is 0.371. The molecule has 3 aromatic heterocycles. The number of rotatable bonds is 10. The van der Waals surface area contributed by atoms with E-state index in [-0.39, 0.29) is 6.04 Å². The van der Waals surface area contributed by atoms with Crippen LogP contribution in [0.2, 0.25) is 0 Å².